The number of rotatable bonds is 14. The molecule has 0 aromatic rings. The average molecular weight is 582 g/mol. The molecule has 0 aliphatic rings. The van der Waals surface area contributed by atoms with Gasteiger partial charge >= 0.3 is 92.4 Å². The fraction of sp³-hybridized carbons (Fsp3) is 1.00. The van der Waals surface area contributed by atoms with Gasteiger partial charge in [0.15, 0.2) is 8.32 Å². The summed E-state index contributed by atoms with van der Waals surface area (Å²) < 4.78 is 11.4. The van der Waals surface area contributed by atoms with Crippen molar-refractivity contribution in [2.75, 3.05) is 0 Å². The molecule has 0 aliphatic carbocycles. The van der Waals surface area contributed by atoms with Crippen molar-refractivity contribution in [3.8, 4) is 0 Å². The van der Waals surface area contributed by atoms with E-state index in [1.54, 1.807) is 13.3 Å². The Morgan fingerprint density at radius 3 is 1.17 bits per heavy atom. The molecule has 6 heteroatoms. The summed E-state index contributed by atoms with van der Waals surface area (Å²) in [7, 11) is -3.71. The van der Waals surface area contributed by atoms with Crippen molar-refractivity contribution in [1.29, 1.82) is 0 Å². The first-order valence-electron chi connectivity index (χ1n) is 12.5. The molecule has 29 heavy (non-hydrogen) atoms. The van der Waals surface area contributed by atoms with Gasteiger partial charge in [-0.15, -0.1) is 0 Å². The molecule has 0 N–H and O–H groups in total. The van der Waals surface area contributed by atoms with Crippen LogP contribution < -0.4 is 0 Å². The monoisotopic (exact) mass is 582 g/mol. The van der Waals surface area contributed by atoms with Gasteiger partial charge in [-0.3, -0.25) is 0 Å². The van der Waals surface area contributed by atoms with Crippen molar-refractivity contribution >= 4 is 51.1 Å². The summed E-state index contributed by atoms with van der Waals surface area (Å²) >= 11 is -0.839. The van der Waals surface area contributed by atoms with Crippen LogP contribution in [0.15, 0.2) is 0 Å². The van der Waals surface area contributed by atoms with Gasteiger partial charge in [0.1, 0.15) is 0 Å². The van der Waals surface area contributed by atoms with Crippen molar-refractivity contribution in [1.82, 2.24) is 0 Å². The first-order chi connectivity index (χ1) is 13.1. The van der Waals surface area contributed by atoms with Crippen LogP contribution in [-0.2, 0) is 4.43 Å². The second kappa shape index (κ2) is 16.3. The van der Waals surface area contributed by atoms with Crippen LogP contribution in [0.5, 0.6) is 0 Å². The van der Waals surface area contributed by atoms with Crippen LogP contribution in [0.4, 0.5) is 0 Å². The molecule has 0 saturated heterocycles. The predicted octanol–water partition coefficient (Wildman–Crippen LogP) is 8.98. The molecule has 1 unspecified atom stereocenters. The normalized spacial score (nSPS) is 14.2. The third-order valence-electron chi connectivity index (χ3n) is 5.20. The number of hydrogen-bond acceptors (Lipinski definition) is 1. The number of unbranched alkanes of at least 4 members (excludes halogenated alkanes) is 3. The van der Waals surface area contributed by atoms with E-state index in [2.05, 4.69) is 86.6 Å². The van der Waals surface area contributed by atoms with E-state index in [1.165, 1.54) is 38.5 Å². The minimum absolute atomic E-state index is 0.296. The predicted molar refractivity (Wildman–Crippen MR) is 151 cm³/mol. The Morgan fingerprint density at radius 2 is 0.966 bits per heavy atom. The number of hydrogen-bond donors (Lipinski definition) is 0. The summed E-state index contributed by atoms with van der Waals surface area (Å²) in [4.78, 5) is 0. The Kier molecular flexibility index (Phi) is 18.4. The van der Waals surface area contributed by atoms with Crippen LogP contribution >= 0.6 is 0 Å². The molecule has 0 bridgehead atoms. The van der Waals surface area contributed by atoms with Crippen LogP contribution in [0.2, 0.25) is 72.2 Å². The quantitative estimate of drug-likeness (QED) is 0.186. The molecular formula is C23H58OSi4Sn. The van der Waals surface area contributed by atoms with Gasteiger partial charge in [0.2, 0.25) is 0 Å². The second-order valence-corrected chi connectivity index (χ2v) is 49.2. The third kappa shape index (κ3) is 18.9. The van der Waals surface area contributed by atoms with E-state index >= 15 is 0 Å². The second-order valence-electron chi connectivity index (χ2n) is 11.8. The van der Waals surface area contributed by atoms with Gasteiger partial charge in [0.25, 0.3) is 0 Å². The Labute approximate surface area is 198 Å². The van der Waals surface area contributed by atoms with Gasteiger partial charge in [0, 0.05) is 20.9 Å². The summed E-state index contributed by atoms with van der Waals surface area (Å²) in [5, 5.41) is 0. The van der Waals surface area contributed by atoms with Gasteiger partial charge in [-0.1, -0.05) is 39.3 Å². The molecule has 0 heterocycles. The van der Waals surface area contributed by atoms with E-state index in [0.717, 1.165) is 0 Å². The zero-order valence-electron chi connectivity index (χ0n) is 22.8. The zero-order chi connectivity index (χ0) is 23.3. The van der Waals surface area contributed by atoms with Crippen LogP contribution in [0.25, 0.3) is 0 Å². The van der Waals surface area contributed by atoms with Crippen LogP contribution in [0.1, 0.15) is 66.2 Å². The van der Waals surface area contributed by atoms with Crippen LogP contribution in [-0.4, -0.2) is 56.8 Å². The Balaban J connectivity index is 0. The van der Waals surface area contributed by atoms with Crippen molar-refractivity contribution in [3.05, 3.63) is 0 Å². The minimum atomic E-state index is -1.37. The topological polar surface area (TPSA) is 9.23 Å². The molecule has 0 aliphatic heterocycles. The zero-order valence-corrected chi connectivity index (χ0v) is 29.7. The summed E-state index contributed by atoms with van der Waals surface area (Å²) in [6, 6.07) is 0. The van der Waals surface area contributed by atoms with E-state index in [4.69, 9.17) is 4.43 Å². The molecule has 2 radical (unpaired) electrons. The first-order valence-corrected chi connectivity index (χ1v) is 32.5. The third-order valence-corrected chi connectivity index (χ3v) is 45.4. The maximum atomic E-state index is 6.41. The summed E-state index contributed by atoms with van der Waals surface area (Å²) in [5.74, 6) is 0. The van der Waals surface area contributed by atoms with Gasteiger partial charge in [-0.25, -0.2) is 0 Å². The summed E-state index contributed by atoms with van der Waals surface area (Å²) in [6.45, 7) is 31.6. The summed E-state index contributed by atoms with van der Waals surface area (Å²) in [6.07, 6.45) is 8.85. The molecule has 1 atom stereocenters. The van der Waals surface area contributed by atoms with Crippen molar-refractivity contribution in [3.63, 3.8) is 0 Å². The average Bonchev–Trinajstić information content (AvgIpc) is 2.50. The van der Waals surface area contributed by atoms with E-state index in [9.17, 15) is 0 Å². The molecule has 0 aromatic heterocycles. The molecule has 0 spiro atoms. The molecule has 0 fully saturated rings. The standard InChI is InChI=1S/C11H31OSi4.3C4H9.Sn/c1-11(12-14(2,3)4)13(15(5,6)7)16(8,9)10;3*1-3-4-2;/h11H,1-10H3;3*1,3-4H2,2H3;. The molecule has 0 saturated carbocycles. The van der Waals surface area contributed by atoms with Crippen LogP contribution in [0.3, 0.4) is 0 Å². The maximum absolute atomic E-state index is 6.41. The molecule has 0 amide bonds. The van der Waals surface area contributed by atoms with Crippen LogP contribution in [0, 0.1) is 0 Å². The van der Waals surface area contributed by atoms with Gasteiger partial charge in [-0.2, -0.15) is 0 Å². The van der Waals surface area contributed by atoms with Crippen molar-refractivity contribution in [2.45, 2.75) is 144 Å². The van der Waals surface area contributed by atoms with E-state index < -0.39 is 43.3 Å². The van der Waals surface area contributed by atoms with E-state index in [0.29, 0.717) is 5.73 Å². The SMILES string of the molecule is CC(O[Si](C)(C)C)[Si]([Si](C)(C)C)[Si](C)(C)C.CCC[CH2][Sn]([CH2]CCC)[CH2]CCC. The van der Waals surface area contributed by atoms with Crippen molar-refractivity contribution < 1.29 is 4.43 Å². The van der Waals surface area contributed by atoms with Gasteiger partial charge < -0.3 is 4.43 Å². The molecule has 1 nitrogen and oxygen atoms in total. The van der Waals surface area contributed by atoms with E-state index in [-0.39, 0.29) is 7.83 Å². The van der Waals surface area contributed by atoms with E-state index in [1.807, 2.05) is 0 Å². The van der Waals surface area contributed by atoms with Gasteiger partial charge in [-0.05, 0) is 26.6 Å². The Hall–Kier alpha value is 1.63. The van der Waals surface area contributed by atoms with Gasteiger partial charge in [0.05, 0.1) is 7.83 Å². The molecule has 176 valence electrons. The Bertz CT molecular complexity index is 353. The fourth-order valence-electron chi connectivity index (χ4n) is 4.59. The van der Waals surface area contributed by atoms with Crippen molar-refractivity contribution in [2.24, 2.45) is 0 Å². The first kappa shape index (κ1) is 32.8. The summed E-state index contributed by atoms with van der Waals surface area (Å²) in [5.41, 5.74) is 0.565. The fourth-order valence-corrected chi connectivity index (χ4v) is 56.7. The Morgan fingerprint density at radius 1 is 0.655 bits per heavy atom. The molecule has 0 rings (SSSR count). The molecular weight excluding hydrogens is 523 g/mol. The molecule has 0 aromatic carbocycles.